The number of rotatable bonds is 6. The van der Waals surface area contributed by atoms with Crippen LogP contribution in [0.1, 0.15) is 11.6 Å². The molecule has 3 rings (SSSR count). The molecule has 4 nitrogen and oxygen atoms in total. The van der Waals surface area contributed by atoms with Gasteiger partial charge in [0.1, 0.15) is 23.2 Å². The normalized spacial score (nSPS) is 10.9. The summed E-state index contributed by atoms with van der Waals surface area (Å²) in [6.45, 7) is 1.47. The van der Waals surface area contributed by atoms with E-state index in [-0.39, 0.29) is 5.82 Å². The van der Waals surface area contributed by atoms with Crippen molar-refractivity contribution in [2.45, 2.75) is 13.0 Å². The average Bonchev–Trinajstić information content (AvgIpc) is 3.16. The van der Waals surface area contributed by atoms with Gasteiger partial charge in [-0.1, -0.05) is 0 Å². The number of benzene rings is 1. The quantitative estimate of drug-likeness (QED) is 0.684. The fraction of sp³-hybridized carbons (Fsp3) is 0.188. The van der Waals surface area contributed by atoms with Crippen LogP contribution in [0, 0.1) is 5.82 Å². The molecule has 2 heterocycles. The molecule has 0 radical (unpaired) electrons. The van der Waals surface area contributed by atoms with Crippen molar-refractivity contribution in [3.8, 4) is 11.3 Å². The number of aromatic nitrogens is 2. The van der Waals surface area contributed by atoms with E-state index in [2.05, 4.69) is 15.3 Å². The Morgan fingerprint density at radius 2 is 2.00 bits per heavy atom. The lowest BCUT2D eigenvalue weighted by Crippen LogP contribution is -2.16. The molecule has 21 heavy (non-hydrogen) atoms. The van der Waals surface area contributed by atoms with Crippen LogP contribution in [-0.4, -0.2) is 16.5 Å². The zero-order chi connectivity index (χ0) is 14.5. The van der Waals surface area contributed by atoms with Gasteiger partial charge in [-0.25, -0.2) is 9.37 Å². The predicted octanol–water partition coefficient (Wildman–Crippen LogP) is 3.14. The molecular weight excluding hydrogens is 269 g/mol. The molecule has 3 aromatic rings. The summed E-state index contributed by atoms with van der Waals surface area (Å²) >= 11 is 0. The van der Waals surface area contributed by atoms with Crippen LogP contribution in [0.2, 0.25) is 0 Å². The first-order valence-corrected chi connectivity index (χ1v) is 6.85. The summed E-state index contributed by atoms with van der Waals surface area (Å²) in [5.74, 6) is 2.32. The summed E-state index contributed by atoms with van der Waals surface area (Å²) in [6.07, 6.45) is 4.41. The molecule has 0 aliphatic heterocycles. The molecule has 0 aliphatic carbocycles. The zero-order valence-corrected chi connectivity index (χ0v) is 11.5. The highest BCUT2D eigenvalue weighted by Crippen LogP contribution is 2.22. The van der Waals surface area contributed by atoms with Gasteiger partial charge in [0.15, 0.2) is 0 Å². The summed E-state index contributed by atoms with van der Waals surface area (Å²) < 4.78 is 18.6. The Morgan fingerprint density at radius 3 is 2.76 bits per heavy atom. The van der Waals surface area contributed by atoms with Crippen LogP contribution in [0.4, 0.5) is 4.39 Å². The molecule has 0 saturated carbocycles. The van der Waals surface area contributed by atoms with Gasteiger partial charge < -0.3 is 14.7 Å². The standard InChI is InChI=1S/C16H16FN3O/c17-13-3-1-12(2-4-13)15-6-5-14(21-15)11-18-8-7-16-19-9-10-20-16/h1-6,9-10,18H,7-8,11H2,(H,19,20). The smallest absolute Gasteiger partial charge is 0.134 e. The highest BCUT2D eigenvalue weighted by atomic mass is 19.1. The van der Waals surface area contributed by atoms with Crippen molar-refractivity contribution in [3.63, 3.8) is 0 Å². The van der Waals surface area contributed by atoms with Crippen LogP contribution in [0.15, 0.2) is 53.2 Å². The number of nitrogens with one attached hydrogen (secondary N) is 2. The maximum absolute atomic E-state index is 12.9. The van der Waals surface area contributed by atoms with E-state index in [4.69, 9.17) is 4.42 Å². The molecule has 108 valence electrons. The van der Waals surface area contributed by atoms with Gasteiger partial charge in [0.2, 0.25) is 0 Å². The minimum atomic E-state index is -0.245. The first-order chi connectivity index (χ1) is 10.3. The Balaban J connectivity index is 1.52. The minimum Gasteiger partial charge on any atom is -0.460 e. The van der Waals surface area contributed by atoms with Gasteiger partial charge in [-0.15, -0.1) is 0 Å². The molecule has 5 heteroatoms. The molecule has 0 saturated heterocycles. The van der Waals surface area contributed by atoms with Gasteiger partial charge in [-0.05, 0) is 36.4 Å². The second-order valence-electron chi connectivity index (χ2n) is 4.74. The summed E-state index contributed by atoms with van der Waals surface area (Å²) in [6, 6.07) is 10.1. The molecule has 0 unspecified atom stereocenters. The Bertz CT molecular complexity index is 674. The van der Waals surface area contributed by atoms with E-state index in [1.165, 1.54) is 12.1 Å². The first-order valence-electron chi connectivity index (χ1n) is 6.85. The molecule has 0 amide bonds. The lowest BCUT2D eigenvalue weighted by Gasteiger charge is -2.01. The van der Waals surface area contributed by atoms with Crippen LogP contribution >= 0.6 is 0 Å². The highest BCUT2D eigenvalue weighted by Gasteiger charge is 2.05. The Morgan fingerprint density at radius 1 is 1.14 bits per heavy atom. The van der Waals surface area contributed by atoms with Gasteiger partial charge in [-0.3, -0.25) is 0 Å². The van der Waals surface area contributed by atoms with Gasteiger partial charge in [0.05, 0.1) is 6.54 Å². The number of hydrogen-bond donors (Lipinski definition) is 2. The van der Waals surface area contributed by atoms with Crippen LogP contribution < -0.4 is 5.32 Å². The second kappa shape index (κ2) is 6.37. The van der Waals surface area contributed by atoms with Crippen molar-refractivity contribution >= 4 is 0 Å². The maximum atomic E-state index is 12.9. The molecule has 0 aliphatic rings. The Hall–Kier alpha value is -2.40. The van der Waals surface area contributed by atoms with Crippen LogP contribution in [0.5, 0.6) is 0 Å². The average molecular weight is 285 g/mol. The van der Waals surface area contributed by atoms with Crippen molar-refractivity contribution in [2.24, 2.45) is 0 Å². The molecule has 2 N–H and O–H groups in total. The number of aromatic amines is 1. The highest BCUT2D eigenvalue weighted by molar-refractivity contribution is 5.57. The largest absolute Gasteiger partial charge is 0.460 e. The number of imidazole rings is 1. The maximum Gasteiger partial charge on any atom is 0.134 e. The van der Waals surface area contributed by atoms with Gasteiger partial charge >= 0.3 is 0 Å². The molecular formula is C16H16FN3O. The first kappa shape index (κ1) is 13.6. The van der Waals surface area contributed by atoms with E-state index >= 15 is 0 Å². The second-order valence-corrected chi connectivity index (χ2v) is 4.74. The van der Waals surface area contributed by atoms with E-state index in [9.17, 15) is 4.39 Å². The fourth-order valence-electron chi connectivity index (χ4n) is 2.10. The van der Waals surface area contributed by atoms with E-state index in [0.29, 0.717) is 6.54 Å². The fourth-order valence-corrected chi connectivity index (χ4v) is 2.10. The van der Waals surface area contributed by atoms with E-state index in [0.717, 1.165) is 35.9 Å². The lowest BCUT2D eigenvalue weighted by atomic mass is 10.2. The summed E-state index contributed by atoms with van der Waals surface area (Å²) in [4.78, 5) is 7.22. The monoisotopic (exact) mass is 285 g/mol. The number of H-pyrrole nitrogens is 1. The van der Waals surface area contributed by atoms with Crippen LogP contribution in [-0.2, 0) is 13.0 Å². The lowest BCUT2D eigenvalue weighted by molar-refractivity contribution is 0.493. The molecule has 0 bridgehead atoms. The molecule has 0 spiro atoms. The summed E-state index contributed by atoms with van der Waals surface area (Å²) in [5.41, 5.74) is 0.873. The van der Waals surface area contributed by atoms with Crippen molar-refractivity contribution in [3.05, 3.63) is 66.2 Å². The number of hydrogen-bond acceptors (Lipinski definition) is 3. The third-order valence-corrected chi connectivity index (χ3v) is 3.18. The zero-order valence-electron chi connectivity index (χ0n) is 11.5. The predicted molar refractivity (Wildman–Crippen MR) is 78.1 cm³/mol. The molecule has 1 aromatic carbocycles. The van der Waals surface area contributed by atoms with Crippen molar-refractivity contribution in [1.82, 2.24) is 15.3 Å². The Kier molecular flexibility index (Phi) is 4.12. The SMILES string of the molecule is Fc1ccc(-c2ccc(CNCCc3ncc[nH]3)o2)cc1. The van der Waals surface area contributed by atoms with E-state index in [1.54, 1.807) is 18.3 Å². The van der Waals surface area contributed by atoms with Crippen molar-refractivity contribution in [2.75, 3.05) is 6.54 Å². The van der Waals surface area contributed by atoms with Crippen LogP contribution in [0.3, 0.4) is 0 Å². The van der Waals surface area contributed by atoms with Gasteiger partial charge in [0.25, 0.3) is 0 Å². The minimum absolute atomic E-state index is 0.245. The number of furan rings is 1. The van der Waals surface area contributed by atoms with Gasteiger partial charge in [-0.2, -0.15) is 0 Å². The molecule has 0 atom stereocenters. The third-order valence-electron chi connectivity index (χ3n) is 3.18. The molecule has 2 aromatic heterocycles. The van der Waals surface area contributed by atoms with Crippen molar-refractivity contribution < 1.29 is 8.81 Å². The third kappa shape index (κ3) is 3.58. The van der Waals surface area contributed by atoms with Crippen LogP contribution in [0.25, 0.3) is 11.3 Å². The van der Waals surface area contributed by atoms with E-state index in [1.807, 2.05) is 18.3 Å². The van der Waals surface area contributed by atoms with E-state index < -0.39 is 0 Å². The molecule has 0 fully saturated rings. The Labute approximate surface area is 122 Å². The summed E-state index contributed by atoms with van der Waals surface area (Å²) in [5, 5.41) is 3.30. The topological polar surface area (TPSA) is 53.9 Å². The van der Waals surface area contributed by atoms with Crippen molar-refractivity contribution in [1.29, 1.82) is 0 Å². The summed E-state index contributed by atoms with van der Waals surface area (Å²) in [7, 11) is 0. The number of halogens is 1. The number of nitrogens with zero attached hydrogens (tertiary/aromatic N) is 1. The van der Waals surface area contributed by atoms with Gasteiger partial charge in [0, 0.05) is 30.9 Å².